The number of hydrogen-bond donors (Lipinski definition) is 1. The Morgan fingerprint density at radius 1 is 1.08 bits per heavy atom. The van der Waals surface area contributed by atoms with Crippen molar-refractivity contribution in [1.82, 2.24) is 4.90 Å². The Kier molecular flexibility index (Phi) is 5.41. The van der Waals surface area contributed by atoms with Crippen LogP contribution in [0.5, 0.6) is 11.5 Å². The van der Waals surface area contributed by atoms with E-state index in [-0.39, 0.29) is 17.2 Å². The van der Waals surface area contributed by atoms with Crippen molar-refractivity contribution in [3.8, 4) is 11.5 Å². The van der Waals surface area contributed by atoms with E-state index in [0.717, 1.165) is 12.8 Å². The smallest absolute Gasteiger partial charge is 0.343 e. The molecule has 1 heterocycles. The Balaban J connectivity index is 1.88. The van der Waals surface area contributed by atoms with Crippen molar-refractivity contribution in [2.45, 2.75) is 18.9 Å². The highest BCUT2D eigenvalue weighted by atomic mass is 16.5. The molecule has 1 N–H and O–H groups in total. The predicted octanol–water partition coefficient (Wildman–Crippen LogP) is 2.92. The monoisotopic (exact) mass is 355 g/mol. The predicted molar refractivity (Wildman–Crippen MR) is 95.1 cm³/mol. The number of rotatable bonds is 5. The lowest BCUT2D eigenvalue weighted by Crippen LogP contribution is -2.34. The molecule has 0 aromatic heterocycles. The van der Waals surface area contributed by atoms with Crippen molar-refractivity contribution < 1.29 is 24.2 Å². The summed E-state index contributed by atoms with van der Waals surface area (Å²) in [5.41, 5.74) is 0.555. The van der Waals surface area contributed by atoms with Crippen molar-refractivity contribution in [1.29, 1.82) is 0 Å². The molecule has 1 atom stereocenters. The zero-order valence-electron chi connectivity index (χ0n) is 14.6. The second-order valence-electron chi connectivity index (χ2n) is 6.11. The van der Waals surface area contributed by atoms with Gasteiger partial charge in [-0.05, 0) is 31.0 Å². The van der Waals surface area contributed by atoms with E-state index >= 15 is 0 Å². The molecule has 1 amide bonds. The Morgan fingerprint density at radius 2 is 1.77 bits per heavy atom. The molecule has 0 unspecified atom stereocenters. The lowest BCUT2D eigenvalue weighted by molar-refractivity contribution is -0.140. The molecule has 1 aliphatic rings. The third kappa shape index (κ3) is 3.79. The van der Waals surface area contributed by atoms with Gasteiger partial charge in [-0.25, -0.2) is 4.79 Å². The Labute approximate surface area is 152 Å². The average molecular weight is 355 g/mol. The zero-order valence-corrected chi connectivity index (χ0v) is 14.6. The molecule has 26 heavy (non-hydrogen) atoms. The lowest BCUT2D eigenvalue weighted by atomic mass is 10.1. The molecule has 6 nitrogen and oxygen atoms in total. The normalized spacial score (nSPS) is 14.7. The number of phenols is 1. The number of phenolic OH excluding ortho intramolecular Hbond substituents is 1. The average Bonchev–Trinajstić information content (AvgIpc) is 3.21. The highest BCUT2D eigenvalue weighted by Crippen LogP contribution is 2.28. The van der Waals surface area contributed by atoms with Gasteiger partial charge < -0.3 is 19.5 Å². The third-order valence-corrected chi connectivity index (χ3v) is 4.39. The number of benzene rings is 2. The van der Waals surface area contributed by atoms with E-state index in [4.69, 9.17) is 9.47 Å². The van der Waals surface area contributed by atoms with Gasteiger partial charge in [-0.15, -0.1) is 0 Å². The molecule has 1 saturated heterocycles. The summed E-state index contributed by atoms with van der Waals surface area (Å²) in [6.45, 7) is 1.31. The molecule has 0 bridgehead atoms. The fraction of sp³-hybridized carbons (Fsp3) is 0.300. The highest BCUT2D eigenvalue weighted by Gasteiger charge is 2.31. The van der Waals surface area contributed by atoms with Gasteiger partial charge in [0.05, 0.1) is 7.11 Å². The summed E-state index contributed by atoms with van der Waals surface area (Å²) >= 11 is 0. The van der Waals surface area contributed by atoms with Crippen LogP contribution in [0.15, 0.2) is 48.5 Å². The molecule has 3 rings (SSSR count). The van der Waals surface area contributed by atoms with Crippen LogP contribution in [0.3, 0.4) is 0 Å². The van der Waals surface area contributed by atoms with Crippen LogP contribution < -0.4 is 4.74 Å². The molecule has 0 saturated carbocycles. The topological polar surface area (TPSA) is 76.1 Å². The van der Waals surface area contributed by atoms with Gasteiger partial charge in [0, 0.05) is 18.7 Å². The summed E-state index contributed by atoms with van der Waals surface area (Å²) in [6.07, 6.45) is 0.836. The van der Waals surface area contributed by atoms with E-state index in [1.807, 2.05) is 6.07 Å². The maximum atomic E-state index is 12.9. The molecule has 6 heteroatoms. The third-order valence-electron chi connectivity index (χ3n) is 4.39. The molecule has 2 aromatic rings. The maximum absolute atomic E-state index is 12.9. The number of carbonyl (C=O) groups excluding carboxylic acids is 2. The van der Waals surface area contributed by atoms with Crippen LogP contribution in [0.1, 0.15) is 34.9 Å². The lowest BCUT2D eigenvalue weighted by Gasteiger charge is -2.23. The van der Waals surface area contributed by atoms with Gasteiger partial charge in [0.15, 0.2) is 0 Å². The first-order valence-corrected chi connectivity index (χ1v) is 8.52. The second-order valence-corrected chi connectivity index (χ2v) is 6.11. The number of aromatic hydroxyl groups is 1. The first kappa shape index (κ1) is 17.8. The van der Waals surface area contributed by atoms with E-state index in [1.165, 1.54) is 25.3 Å². The van der Waals surface area contributed by atoms with Crippen LogP contribution in [0, 0.1) is 0 Å². The summed E-state index contributed by atoms with van der Waals surface area (Å²) < 4.78 is 10.6. The van der Waals surface area contributed by atoms with Crippen molar-refractivity contribution in [3.05, 3.63) is 59.7 Å². The molecule has 1 aliphatic heterocycles. The van der Waals surface area contributed by atoms with Gasteiger partial charge in [0.25, 0.3) is 5.91 Å². The molecule has 0 spiro atoms. The quantitative estimate of drug-likeness (QED) is 0.835. The summed E-state index contributed by atoms with van der Waals surface area (Å²) in [6, 6.07) is 13.2. The van der Waals surface area contributed by atoms with Gasteiger partial charge in [0.1, 0.15) is 17.1 Å². The molecule has 1 fully saturated rings. The summed E-state index contributed by atoms with van der Waals surface area (Å²) in [5, 5.41) is 9.98. The van der Waals surface area contributed by atoms with Crippen molar-refractivity contribution in [2.75, 3.05) is 20.2 Å². The minimum atomic E-state index is -1.05. The van der Waals surface area contributed by atoms with E-state index < -0.39 is 12.1 Å². The van der Waals surface area contributed by atoms with Crippen LogP contribution in [-0.2, 0) is 9.53 Å². The van der Waals surface area contributed by atoms with Crippen molar-refractivity contribution >= 4 is 11.9 Å². The fourth-order valence-corrected chi connectivity index (χ4v) is 2.97. The molecule has 136 valence electrons. The largest absolute Gasteiger partial charge is 0.507 e. The summed E-state index contributed by atoms with van der Waals surface area (Å²) in [4.78, 5) is 27.2. The van der Waals surface area contributed by atoms with E-state index in [1.54, 1.807) is 29.2 Å². The SMILES string of the molecule is COc1ccc(O)c(C(=O)O[C@H](C(=O)N2CCCC2)c2ccccc2)c1. The number of nitrogens with zero attached hydrogens (tertiary/aromatic N) is 1. The van der Waals surface area contributed by atoms with Crippen LogP contribution in [0.4, 0.5) is 0 Å². The van der Waals surface area contributed by atoms with Crippen molar-refractivity contribution in [3.63, 3.8) is 0 Å². The van der Waals surface area contributed by atoms with Crippen LogP contribution >= 0.6 is 0 Å². The number of methoxy groups -OCH3 is 1. The molecule has 0 radical (unpaired) electrons. The first-order valence-electron chi connectivity index (χ1n) is 8.52. The van der Waals surface area contributed by atoms with Gasteiger partial charge in [-0.3, -0.25) is 4.79 Å². The van der Waals surface area contributed by atoms with Gasteiger partial charge >= 0.3 is 5.97 Å². The fourth-order valence-electron chi connectivity index (χ4n) is 2.97. The minimum absolute atomic E-state index is 0.0421. The number of likely N-dealkylation sites (tertiary alicyclic amines) is 1. The standard InChI is InChI=1S/C20H21NO5/c1-25-15-9-10-17(22)16(13-15)20(24)26-18(14-7-3-2-4-8-14)19(23)21-11-5-6-12-21/h2-4,7-10,13,18,22H,5-6,11-12H2,1H3/t18-/m0/s1. The molecule has 0 aliphatic carbocycles. The summed E-state index contributed by atoms with van der Waals surface area (Å²) in [5.74, 6) is -0.833. The van der Waals surface area contributed by atoms with Crippen LogP contribution in [-0.4, -0.2) is 42.1 Å². The minimum Gasteiger partial charge on any atom is -0.507 e. The summed E-state index contributed by atoms with van der Waals surface area (Å²) in [7, 11) is 1.46. The second kappa shape index (κ2) is 7.91. The molecule has 2 aromatic carbocycles. The van der Waals surface area contributed by atoms with Gasteiger partial charge in [-0.2, -0.15) is 0 Å². The van der Waals surface area contributed by atoms with E-state index in [0.29, 0.717) is 24.4 Å². The number of carbonyl (C=O) groups is 2. The number of amides is 1. The van der Waals surface area contributed by atoms with Gasteiger partial charge in [0.2, 0.25) is 6.10 Å². The number of hydrogen-bond acceptors (Lipinski definition) is 5. The highest BCUT2D eigenvalue weighted by molar-refractivity contribution is 5.95. The Morgan fingerprint density at radius 3 is 2.42 bits per heavy atom. The number of ether oxygens (including phenoxy) is 2. The molecular formula is C20H21NO5. The van der Waals surface area contributed by atoms with Crippen LogP contribution in [0.2, 0.25) is 0 Å². The van der Waals surface area contributed by atoms with E-state index in [9.17, 15) is 14.7 Å². The zero-order chi connectivity index (χ0) is 18.5. The maximum Gasteiger partial charge on any atom is 0.343 e. The van der Waals surface area contributed by atoms with Crippen LogP contribution in [0.25, 0.3) is 0 Å². The van der Waals surface area contributed by atoms with E-state index in [2.05, 4.69) is 0 Å². The van der Waals surface area contributed by atoms with Crippen molar-refractivity contribution in [2.24, 2.45) is 0 Å². The first-order chi connectivity index (χ1) is 12.6. The number of esters is 1. The Hall–Kier alpha value is -3.02. The Bertz CT molecular complexity index is 784. The van der Waals surface area contributed by atoms with Gasteiger partial charge in [-0.1, -0.05) is 30.3 Å². The molecular weight excluding hydrogens is 334 g/mol.